The number of carboxylic acid groups (broad SMARTS) is 1. The first kappa shape index (κ1) is 13.7. The van der Waals surface area contributed by atoms with Gasteiger partial charge in [-0.15, -0.1) is 0 Å². The molecule has 0 fully saturated rings. The lowest BCUT2D eigenvalue weighted by Gasteiger charge is -2.25. The molecule has 0 aromatic rings. The van der Waals surface area contributed by atoms with Crippen molar-refractivity contribution < 1.29 is 14.7 Å². The van der Waals surface area contributed by atoms with Gasteiger partial charge in [-0.2, -0.15) is 0 Å². The SMILES string of the molecule is CCC(NC(=O)N(C)C(C)CC)C(=O)O. The fraction of sp³-hybridized carbons (Fsp3) is 0.800. The van der Waals surface area contributed by atoms with E-state index in [9.17, 15) is 9.59 Å². The van der Waals surface area contributed by atoms with Crippen LogP contribution in [0.1, 0.15) is 33.6 Å². The van der Waals surface area contributed by atoms with Crippen LogP contribution in [0.4, 0.5) is 4.79 Å². The van der Waals surface area contributed by atoms with Crippen LogP contribution in [0.15, 0.2) is 0 Å². The predicted octanol–water partition coefficient (Wildman–Crippen LogP) is 1.29. The van der Waals surface area contributed by atoms with Crippen LogP contribution in [0.2, 0.25) is 0 Å². The van der Waals surface area contributed by atoms with Gasteiger partial charge in [-0.3, -0.25) is 0 Å². The van der Waals surface area contributed by atoms with Gasteiger partial charge in [-0.25, -0.2) is 9.59 Å². The van der Waals surface area contributed by atoms with E-state index in [1.54, 1.807) is 14.0 Å². The van der Waals surface area contributed by atoms with Crippen LogP contribution in [0.3, 0.4) is 0 Å². The van der Waals surface area contributed by atoms with Crippen molar-refractivity contribution in [1.82, 2.24) is 10.2 Å². The molecule has 0 aliphatic carbocycles. The van der Waals surface area contributed by atoms with Crippen LogP contribution in [-0.4, -0.2) is 41.1 Å². The molecule has 0 saturated heterocycles. The van der Waals surface area contributed by atoms with Crippen molar-refractivity contribution in [1.29, 1.82) is 0 Å². The van der Waals surface area contributed by atoms with Crippen LogP contribution in [0.5, 0.6) is 0 Å². The normalized spacial score (nSPS) is 14.1. The van der Waals surface area contributed by atoms with Crippen LogP contribution >= 0.6 is 0 Å². The molecule has 2 amide bonds. The number of amides is 2. The largest absolute Gasteiger partial charge is 0.480 e. The van der Waals surface area contributed by atoms with E-state index in [4.69, 9.17) is 5.11 Å². The second-order valence-corrected chi connectivity index (χ2v) is 3.62. The van der Waals surface area contributed by atoms with Gasteiger partial charge in [-0.1, -0.05) is 13.8 Å². The molecule has 5 nitrogen and oxygen atoms in total. The number of carbonyl (C=O) groups is 2. The molecule has 2 N–H and O–H groups in total. The molecule has 2 unspecified atom stereocenters. The topological polar surface area (TPSA) is 69.6 Å². The van der Waals surface area contributed by atoms with E-state index < -0.39 is 12.0 Å². The van der Waals surface area contributed by atoms with Gasteiger partial charge in [0.25, 0.3) is 0 Å². The smallest absolute Gasteiger partial charge is 0.326 e. The summed E-state index contributed by atoms with van der Waals surface area (Å²) in [7, 11) is 1.66. The summed E-state index contributed by atoms with van der Waals surface area (Å²) in [6, 6.07) is -1.03. The molecule has 0 aliphatic rings. The standard InChI is InChI=1S/C10H20N2O3/c1-5-7(3)12(4)10(15)11-8(6-2)9(13)14/h7-8H,5-6H2,1-4H3,(H,11,15)(H,13,14). The Bertz CT molecular complexity index is 231. The third-order valence-corrected chi connectivity index (χ3v) is 2.58. The molecule has 88 valence electrons. The van der Waals surface area contributed by atoms with Gasteiger partial charge in [-0.05, 0) is 19.8 Å². The summed E-state index contributed by atoms with van der Waals surface area (Å²) in [6.45, 7) is 5.62. The van der Waals surface area contributed by atoms with Crippen LogP contribution in [0, 0.1) is 0 Å². The predicted molar refractivity (Wildman–Crippen MR) is 57.8 cm³/mol. The lowest BCUT2D eigenvalue weighted by Crippen LogP contribution is -2.48. The van der Waals surface area contributed by atoms with Gasteiger partial charge in [0.2, 0.25) is 0 Å². The fourth-order valence-electron chi connectivity index (χ4n) is 1.06. The van der Waals surface area contributed by atoms with Gasteiger partial charge in [0.1, 0.15) is 6.04 Å². The third kappa shape index (κ3) is 4.18. The quantitative estimate of drug-likeness (QED) is 0.727. The third-order valence-electron chi connectivity index (χ3n) is 2.58. The molecule has 15 heavy (non-hydrogen) atoms. The minimum absolute atomic E-state index is 0.108. The van der Waals surface area contributed by atoms with E-state index in [1.165, 1.54) is 4.90 Å². The average molecular weight is 216 g/mol. The highest BCUT2D eigenvalue weighted by atomic mass is 16.4. The summed E-state index contributed by atoms with van der Waals surface area (Å²) >= 11 is 0. The van der Waals surface area contributed by atoms with Crippen molar-refractivity contribution in [2.24, 2.45) is 0 Å². The monoisotopic (exact) mass is 216 g/mol. The zero-order chi connectivity index (χ0) is 12.0. The van der Waals surface area contributed by atoms with Crippen molar-refractivity contribution >= 4 is 12.0 Å². The van der Waals surface area contributed by atoms with Crippen LogP contribution < -0.4 is 5.32 Å². The molecule has 0 rings (SSSR count). The minimum Gasteiger partial charge on any atom is -0.480 e. The Morgan fingerprint density at radius 1 is 1.33 bits per heavy atom. The first-order chi connectivity index (χ1) is 6.93. The van der Waals surface area contributed by atoms with Crippen molar-refractivity contribution in [3.8, 4) is 0 Å². The summed E-state index contributed by atoms with van der Waals surface area (Å²) in [5.74, 6) is -0.997. The van der Waals surface area contributed by atoms with E-state index in [1.807, 2.05) is 13.8 Å². The molecule has 0 aromatic heterocycles. The van der Waals surface area contributed by atoms with E-state index in [0.29, 0.717) is 6.42 Å². The number of nitrogens with zero attached hydrogens (tertiary/aromatic N) is 1. The average Bonchev–Trinajstić information content (AvgIpc) is 2.22. The number of carboxylic acids is 1. The number of urea groups is 1. The molecule has 0 heterocycles. The second-order valence-electron chi connectivity index (χ2n) is 3.62. The Morgan fingerprint density at radius 3 is 2.20 bits per heavy atom. The van der Waals surface area contributed by atoms with Gasteiger partial charge in [0, 0.05) is 13.1 Å². The lowest BCUT2D eigenvalue weighted by atomic mass is 10.2. The van der Waals surface area contributed by atoms with E-state index in [-0.39, 0.29) is 12.1 Å². The number of hydrogen-bond acceptors (Lipinski definition) is 2. The number of hydrogen-bond donors (Lipinski definition) is 2. The molecule has 0 bridgehead atoms. The van der Waals surface area contributed by atoms with Gasteiger partial charge in [0.05, 0.1) is 0 Å². The highest BCUT2D eigenvalue weighted by Crippen LogP contribution is 2.01. The fourth-order valence-corrected chi connectivity index (χ4v) is 1.06. The number of aliphatic carboxylic acids is 1. The highest BCUT2D eigenvalue weighted by Gasteiger charge is 2.21. The van der Waals surface area contributed by atoms with Crippen molar-refractivity contribution in [3.05, 3.63) is 0 Å². The molecule has 2 atom stereocenters. The maximum absolute atomic E-state index is 11.6. The van der Waals surface area contributed by atoms with Crippen molar-refractivity contribution in [2.75, 3.05) is 7.05 Å². The molecule has 5 heteroatoms. The lowest BCUT2D eigenvalue weighted by molar-refractivity contribution is -0.139. The van der Waals surface area contributed by atoms with Crippen molar-refractivity contribution in [2.45, 2.75) is 45.7 Å². The Hall–Kier alpha value is -1.26. The summed E-state index contributed by atoms with van der Waals surface area (Å²) < 4.78 is 0. The van der Waals surface area contributed by atoms with E-state index in [0.717, 1.165) is 6.42 Å². The minimum atomic E-state index is -0.997. The first-order valence-electron chi connectivity index (χ1n) is 5.20. The Kier molecular flexibility index (Phi) is 5.74. The number of carbonyl (C=O) groups excluding carboxylic acids is 1. The Labute approximate surface area is 90.5 Å². The molecular formula is C10H20N2O3. The molecule has 0 aliphatic heterocycles. The molecule has 0 radical (unpaired) electrons. The number of rotatable bonds is 5. The zero-order valence-electron chi connectivity index (χ0n) is 9.78. The van der Waals surface area contributed by atoms with Gasteiger partial charge in [0.15, 0.2) is 0 Å². The number of nitrogens with one attached hydrogen (secondary N) is 1. The Morgan fingerprint density at radius 2 is 1.87 bits per heavy atom. The molecular weight excluding hydrogens is 196 g/mol. The molecule has 0 saturated carbocycles. The Balaban J connectivity index is 4.28. The summed E-state index contributed by atoms with van der Waals surface area (Å²) in [5, 5.41) is 11.2. The molecule has 0 aromatic carbocycles. The van der Waals surface area contributed by atoms with Gasteiger partial charge >= 0.3 is 12.0 Å². The van der Waals surface area contributed by atoms with E-state index in [2.05, 4.69) is 5.32 Å². The summed E-state index contributed by atoms with van der Waals surface area (Å²) in [6.07, 6.45) is 1.23. The maximum atomic E-state index is 11.6. The van der Waals surface area contributed by atoms with Crippen molar-refractivity contribution in [3.63, 3.8) is 0 Å². The first-order valence-corrected chi connectivity index (χ1v) is 5.20. The maximum Gasteiger partial charge on any atom is 0.326 e. The summed E-state index contributed by atoms with van der Waals surface area (Å²) in [5.41, 5.74) is 0. The van der Waals surface area contributed by atoms with Crippen LogP contribution in [-0.2, 0) is 4.79 Å². The van der Waals surface area contributed by atoms with E-state index >= 15 is 0 Å². The van der Waals surface area contributed by atoms with Gasteiger partial charge < -0.3 is 15.3 Å². The van der Waals surface area contributed by atoms with Crippen LogP contribution in [0.25, 0.3) is 0 Å². The second kappa shape index (κ2) is 6.27. The highest BCUT2D eigenvalue weighted by molar-refractivity contribution is 5.82. The molecule has 0 spiro atoms. The summed E-state index contributed by atoms with van der Waals surface area (Å²) in [4.78, 5) is 23.8. The zero-order valence-corrected chi connectivity index (χ0v) is 9.78.